The van der Waals surface area contributed by atoms with Gasteiger partial charge in [-0.25, -0.2) is 0 Å². The van der Waals surface area contributed by atoms with E-state index in [1.807, 2.05) is 24.3 Å². The molecule has 4 aliphatic heterocycles. The molecule has 6 fully saturated rings. The van der Waals surface area contributed by atoms with Gasteiger partial charge in [0.2, 0.25) is 5.91 Å². The molecule has 6 heteroatoms. The molecule has 6 nitrogen and oxygen atoms in total. The van der Waals surface area contributed by atoms with Crippen LogP contribution in [0.5, 0.6) is 5.75 Å². The van der Waals surface area contributed by atoms with Gasteiger partial charge in [0.1, 0.15) is 5.75 Å². The first kappa shape index (κ1) is 17.8. The Morgan fingerprint density at radius 1 is 1.14 bits per heavy atom. The minimum atomic E-state index is -0.638. The Hall–Kier alpha value is -2.08. The number of amides is 2. The second kappa shape index (κ2) is 6.46. The summed E-state index contributed by atoms with van der Waals surface area (Å²) in [6.45, 7) is 3.38. The van der Waals surface area contributed by atoms with Gasteiger partial charge < -0.3 is 20.3 Å². The quantitative estimate of drug-likeness (QED) is 0.805. The van der Waals surface area contributed by atoms with E-state index in [1.54, 1.807) is 0 Å². The molecule has 5 atom stereocenters. The Labute approximate surface area is 171 Å². The molecule has 154 valence electrons. The van der Waals surface area contributed by atoms with Gasteiger partial charge in [-0.05, 0) is 69.2 Å². The summed E-state index contributed by atoms with van der Waals surface area (Å²) in [7, 11) is 0. The minimum absolute atomic E-state index is 0.0484. The highest BCUT2D eigenvalue weighted by Gasteiger charge is 2.57. The highest BCUT2D eigenvalue weighted by molar-refractivity contribution is 5.98. The van der Waals surface area contributed by atoms with Crippen LogP contribution in [0.15, 0.2) is 24.3 Å². The molecule has 1 aromatic carbocycles. The third kappa shape index (κ3) is 2.79. The predicted octanol–water partition coefficient (Wildman–Crippen LogP) is 2.15. The number of para-hydroxylation sites is 1. The number of nitrogens with one attached hydrogen (secondary N) is 2. The second-order valence-electron chi connectivity index (χ2n) is 9.78. The maximum absolute atomic E-state index is 13.2. The van der Waals surface area contributed by atoms with Crippen LogP contribution in [0.3, 0.4) is 0 Å². The Morgan fingerprint density at radius 3 is 2.69 bits per heavy atom. The van der Waals surface area contributed by atoms with Crippen molar-refractivity contribution in [2.75, 3.05) is 19.6 Å². The van der Waals surface area contributed by atoms with Crippen LogP contribution < -0.4 is 15.4 Å². The fraction of sp³-hybridized carbons (Fsp3) is 0.652. The molecule has 3 saturated heterocycles. The Kier molecular flexibility index (Phi) is 3.95. The third-order valence-corrected chi connectivity index (χ3v) is 8.29. The number of carbonyl (C=O) groups is 2. The lowest BCUT2D eigenvalue weighted by Crippen LogP contribution is -2.67. The molecule has 1 spiro atoms. The fourth-order valence-electron chi connectivity index (χ4n) is 6.70. The van der Waals surface area contributed by atoms with E-state index in [-0.39, 0.29) is 29.6 Å². The molecular weight excluding hydrogens is 366 g/mol. The third-order valence-electron chi connectivity index (χ3n) is 8.29. The highest BCUT2D eigenvalue weighted by Crippen LogP contribution is 2.52. The number of ether oxygens (including phenoxy) is 1. The van der Waals surface area contributed by atoms with Crippen molar-refractivity contribution >= 4 is 11.8 Å². The number of nitrogens with zero attached hydrogens (tertiary/aromatic N) is 1. The van der Waals surface area contributed by atoms with E-state index in [2.05, 4.69) is 15.5 Å². The van der Waals surface area contributed by atoms with Crippen molar-refractivity contribution in [3.05, 3.63) is 29.8 Å². The van der Waals surface area contributed by atoms with E-state index in [9.17, 15) is 9.59 Å². The molecule has 0 unspecified atom stereocenters. The largest absolute Gasteiger partial charge is 0.467 e. The smallest absolute Gasteiger partial charge is 0.258 e. The Bertz CT molecular complexity index is 850. The first-order chi connectivity index (χ1) is 14.1. The van der Waals surface area contributed by atoms with E-state index in [0.717, 1.165) is 32.2 Å². The van der Waals surface area contributed by atoms with Crippen LogP contribution in [0.2, 0.25) is 0 Å². The van der Waals surface area contributed by atoms with Crippen LogP contribution in [0, 0.1) is 23.7 Å². The maximum Gasteiger partial charge on any atom is 0.258 e. The van der Waals surface area contributed by atoms with Crippen LogP contribution >= 0.6 is 0 Å². The fourth-order valence-corrected chi connectivity index (χ4v) is 6.70. The lowest BCUT2D eigenvalue weighted by atomic mass is 9.59. The number of hydrogen-bond acceptors (Lipinski definition) is 4. The lowest BCUT2D eigenvalue weighted by Gasteiger charge is -2.55. The van der Waals surface area contributed by atoms with Crippen LogP contribution in [0.25, 0.3) is 0 Å². The zero-order chi connectivity index (χ0) is 19.6. The number of hydrogen-bond donors (Lipinski definition) is 2. The monoisotopic (exact) mass is 395 g/mol. The number of carbonyl (C=O) groups excluding carboxylic acids is 2. The SMILES string of the molecule is O=C1N[C@]2(C[C@H]3CC[C@H]2C[C@@H]3C(=O)N[C@H]2CN3CCC2CC3)Oc2ccccc21. The standard InChI is InChI=1S/C23H29N3O3/c27-21(24-19-13-26-9-7-14(19)8-10-26)18-11-16-6-5-15(18)12-23(16)25-22(28)17-3-1-2-4-20(17)29-23/h1-4,14-16,18-19H,5-13H2,(H,24,27)(H,25,28)/t15-,16+,18+,19+,23-/m1/s1. The molecule has 4 heterocycles. The summed E-state index contributed by atoms with van der Waals surface area (Å²) >= 11 is 0. The van der Waals surface area contributed by atoms with Crippen molar-refractivity contribution < 1.29 is 14.3 Å². The number of rotatable bonds is 2. The first-order valence-electron chi connectivity index (χ1n) is 11.2. The van der Waals surface area contributed by atoms with Crippen molar-refractivity contribution in [3.8, 4) is 5.75 Å². The van der Waals surface area contributed by atoms with E-state index >= 15 is 0 Å². The molecule has 0 radical (unpaired) electrons. The maximum atomic E-state index is 13.2. The number of benzene rings is 1. The van der Waals surface area contributed by atoms with Gasteiger partial charge in [0.05, 0.1) is 5.56 Å². The minimum Gasteiger partial charge on any atom is -0.467 e. The molecule has 7 aliphatic rings. The molecular formula is C23H29N3O3. The lowest BCUT2D eigenvalue weighted by molar-refractivity contribution is -0.148. The van der Waals surface area contributed by atoms with Crippen molar-refractivity contribution in [2.45, 2.75) is 50.3 Å². The topological polar surface area (TPSA) is 70.7 Å². The highest BCUT2D eigenvalue weighted by atomic mass is 16.5. The molecule has 1 aromatic rings. The average Bonchev–Trinajstić information content (AvgIpc) is 2.75. The van der Waals surface area contributed by atoms with Crippen molar-refractivity contribution in [2.24, 2.45) is 23.7 Å². The molecule has 2 amide bonds. The van der Waals surface area contributed by atoms with Gasteiger partial charge in [-0.2, -0.15) is 0 Å². The first-order valence-corrected chi connectivity index (χ1v) is 11.2. The normalized spacial score (nSPS) is 42.1. The number of piperidine rings is 3. The Morgan fingerprint density at radius 2 is 1.97 bits per heavy atom. The summed E-state index contributed by atoms with van der Waals surface area (Å²) in [5.74, 6) is 2.01. The van der Waals surface area contributed by atoms with Crippen LogP contribution in [-0.4, -0.2) is 48.1 Å². The summed E-state index contributed by atoms with van der Waals surface area (Å²) in [5, 5.41) is 6.59. The summed E-state index contributed by atoms with van der Waals surface area (Å²) in [6, 6.07) is 7.79. The number of fused-ring (bicyclic) bond motifs is 6. The Balaban J connectivity index is 1.18. The van der Waals surface area contributed by atoms with Gasteiger partial charge in [-0.3, -0.25) is 9.59 Å². The van der Waals surface area contributed by atoms with Crippen molar-refractivity contribution in [3.63, 3.8) is 0 Å². The van der Waals surface area contributed by atoms with Gasteiger partial charge in [0, 0.05) is 30.8 Å². The van der Waals surface area contributed by atoms with Gasteiger partial charge in [-0.15, -0.1) is 0 Å². The van der Waals surface area contributed by atoms with Gasteiger partial charge in [0.25, 0.3) is 5.91 Å². The van der Waals surface area contributed by atoms with Crippen LogP contribution in [-0.2, 0) is 4.79 Å². The molecule has 3 saturated carbocycles. The van der Waals surface area contributed by atoms with Crippen molar-refractivity contribution in [1.29, 1.82) is 0 Å². The van der Waals surface area contributed by atoms with Crippen LogP contribution in [0.1, 0.15) is 48.9 Å². The molecule has 4 bridgehead atoms. The zero-order valence-corrected chi connectivity index (χ0v) is 16.7. The van der Waals surface area contributed by atoms with Crippen molar-refractivity contribution in [1.82, 2.24) is 15.5 Å². The van der Waals surface area contributed by atoms with E-state index in [1.165, 1.54) is 25.9 Å². The summed E-state index contributed by atoms with van der Waals surface area (Å²) in [4.78, 5) is 28.4. The van der Waals surface area contributed by atoms with Crippen LogP contribution in [0.4, 0.5) is 0 Å². The predicted molar refractivity (Wildman–Crippen MR) is 107 cm³/mol. The molecule has 0 aromatic heterocycles. The molecule has 3 aliphatic carbocycles. The van der Waals surface area contributed by atoms with E-state index in [4.69, 9.17) is 4.74 Å². The van der Waals surface area contributed by atoms with Gasteiger partial charge >= 0.3 is 0 Å². The van der Waals surface area contributed by atoms with Gasteiger partial charge in [-0.1, -0.05) is 12.1 Å². The van der Waals surface area contributed by atoms with E-state index in [0.29, 0.717) is 23.3 Å². The zero-order valence-electron chi connectivity index (χ0n) is 16.7. The van der Waals surface area contributed by atoms with E-state index < -0.39 is 5.72 Å². The molecule has 29 heavy (non-hydrogen) atoms. The summed E-state index contributed by atoms with van der Waals surface area (Å²) < 4.78 is 6.41. The molecule has 8 rings (SSSR count). The molecule has 2 N–H and O–H groups in total. The van der Waals surface area contributed by atoms with Gasteiger partial charge in [0.15, 0.2) is 5.72 Å². The second-order valence-corrected chi connectivity index (χ2v) is 9.78. The summed E-state index contributed by atoms with van der Waals surface area (Å²) in [6.07, 6.45) is 6.02. The summed E-state index contributed by atoms with van der Waals surface area (Å²) in [5.41, 5.74) is -0.0305. The average molecular weight is 396 g/mol.